The zero-order valence-corrected chi connectivity index (χ0v) is 17.2. The van der Waals surface area contributed by atoms with Crippen molar-refractivity contribution in [1.29, 1.82) is 0 Å². The summed E-state index contributed by atoms with van der Waals surface area (Å²) < 4.78 is 10.6. The minimum Gasteiger partial charge on any atom is -0.497 e. The molecule has 2 heterocycles. The van der Waals surface area contributed by atoms with Gasteiger partial charge in [-0.05, 0) is 42.7 Å². The van der Waals surface area contributed by atoms with Gasteiger partial charge in [-0.15, -0.1) is 0 Å². The van der Waals surface area contributed by atoms with Crippen LogP contribution in [0.1, 0.15) is 18.4 Å². The lowest BCUT2D eigenvalue weighted by molar-refractivity contribution is -0.120. The molecule has 0 spiro atoms. The molecule has 1 aliphatic heterocycles. The summed E-state index contributed by atoms with van der Waals surface area (Å²) in [5.74, 6) is 0.965. The molecule has 2 aromatic carbocycles. The number of anilines is 1. The summed E-state index contributed by atoms with van der Waals surface area (Å²) >= 11 is 0. The number of hydrogen-bond donors (Lipinski definition) is 2. The Labute approximate surface area is 180 Å². The molecular formula is C23H24N4O4. The number of methoxy groups -OCH3 is 1. The number of likely N-dealkylation sites (tertiary alicyclic amines) is 1. The van der Waals surface area contributed by atoms with Gasteiger partial charge in [0.05, 0.1) is 12.8 Å². The van der Waals surface area contributed by atoms with Crippen molar-refractivity contribution >= 4 is 17.8 Å². The third-order valence-electron chi connectivity index (χ3n) is 5.22. The van der Waals surface area contributed by atoms with E-state index in [1.807, 2.05) is 54.6 Å². The zero-order valence-electron chi connectivity index (χ0n) is 17.2. The van der Waals surface area contributed by atoms with Gasteiger partial charge in [0.2, 0.25) is 5.91 Å². The monoisotopic (exact) mass is 420 g/mol. The third-order valence-corrected chi connectivity index (χ3v) is 5.22. The van der Waals surface area contributed by atoms with Crippen molar-refractivity contribution < 1.29 is 19.1 Å². The van der Waals surface area contributed by atoms with Gasteiger partial charge in [-0.25, -0.2) is 4.79 Å². The van der Waals surface area contributed by atoms with E-state index in [1.54, 1.807) is 13.2 Å². The normalized spacial score (nSPS) is 15.5. The number of aromatic amines is 1. The molecule has 2 N–H and O–H groups in total. The number of hydrogen-bond acceptors (Lipinski definition) is 5. The molecule has 0 aliphatic carbocycles. The maximum absolute atomic E-state index is 12.8. The number of rotatable bonds is 6. The lowest BCUT2D eigenvalue weighted by Gasteiger charge is -2.23. The van der Waals surface area contributed by atoms with Crippen LogP contribution in [0, 0.1) is 0 Å². The lowest BCUT2D eigenvalue weighted by Crippen LogP contribution is -2.43. The number of benzene rings is 2. The molecule has 1 aliphatic rings. The van der Waals surface area contributed by atoms with Gasteiger partial charge in [0.1, 0.15) is 24.2 Å². The Morgan fingerprint density at radius 3 is 2.68 bits per heavy atom. The van der Waals surface area contributed by atoms with Crippen molar-refractivity contribution in [3.05, 3.63) is 66.2 Å². The molecule has 4 rings (SSSR count). The molecule has 0 unspecified atom stereocenters. The number of carbonyl (C=O) groups excluding carboxylic acids is 2. The Kier molecular flexibility index (Phi) is 6.16. The van der Waals surface area contributed by atoms with Gasteiger partial charge >= 0.3 is 6.09 Å². The van der Waals surface area contributed by atoms with Crippen LogP contribution in [0.25, 0.3) is 11.3 Å². The maximum atomic E-state index is 12.8. The second-order valence-electron chi connectivity index (χ2n) is 7.28. The fourth-order valence-corrected chi connectivity index (χ4v) is 3.57. The van der Waals surface area contributed by atoms with E-state index in [2.05, 4.69) is 15.5 Å². The van der Waals surface area contributed by atoms with Gasteiger partial charge in [0.25, 0.3) is 0 Å². The quantitative estimate of drug-likeness (QED) is 0.632. The van der Waals surface area contributed by atoms with Gasteiger partial charge in [-0.2, -0.15) is 5.10 Å². The number of H-pyrrole nitrogens is 1. The number of nitrogens with one attached hydrogen (secondary N) is 2. The van der Waals surface area contributed by atoms with E-state index in [1.165, 1.54) is 4.90 Å². The molecule has 0 bridgehead atoms. The van der Waals surface area contributed by atoms with Gasteiger partial charge in [-0.1, -0.05) is 30.3 Å². The number of aromatic nitrogens is 2. The average molecular weight is 420 g/mol. The van der Waals surface area contributed by atoms with Crippen molar-refractivity contribution in [3.63, 3.8) is 0 Å². The Hall–Kier alpha value is -3.81. The number of amides is 2. The van der Waals surface area contributed by atoms with Crippen LogP contribution in [0.5, 0.6) is 5.75 Å². The highest BCUT2D eigenvalue weighted by Gasteiger charge is 2.35. The molecule has 8 nitrogen and oxygen atoms in total. The van der Waals surface area contributed by atoms with Crippen LogP contribution in [0.3, 0.4) is 0 Å². The van der Waals surface area contributed by atoms with Crippen LogP contribution in [0.2, 0.25) is 0 Å². The molecule has 2 amide bonds. The van der Waals surface area contributed by atoms with E-state index in [0.717, 1.165) is 23.3 Å². The largest absolute Gasteiger partial charge is 0.497 e. The minimum absolute atomic E-state index is 0.177. The summed E-state index contributed by atoms with van der Waals surface area (Å²) in [5, 5.41) is 9.91. The molecule has 8 heteroatoms. The number of carbonyl (C=O) groups is 2. The standard InChI is InChI=1S/C23H24N4O4/c1-30-18-11-9-17(10-12-18)19-14-21(26-25-19)24-22(28)20-8-5-13-27(20)23(29)31-15-16-6-3-2-4-7-16/h2-4,6-7,9-12,14,20H,5,8,13,15H2,1H3,(H2,24,25,26,28)/t20-/m0/s1. The summed E-state index contributed by atoms with van der Waals surface area (Å²) in [4.78, 5) is 26.8. The highest BCUT2D eigenvalue weighted by atomic mass is 16.6. The van der Waals surface area contributed by atoms with Gasteiger partial charge < -0.3 is 14.8 Å². The fourth-order valence-electron chi connectivity index (χ4n) is 3.57. The van der Waals surface area contributed by atoms with E-state index < -0.39 is 12.1 Å². The second-order valence-corrected chi connectivity index (χ2v) is 7.28. The first-order valence-electron chi connectivity index (χ1n) is 10.1. The molecule has 3 aromatic rings. The summed E-state index contributed by atoms with van der Waals surface area (Å²) in [7, 11) is 1.61. The fraction of sp³-hybridized carbons (Fsp3) is 0.261. The topological polar surface area (TPSA) is 96.5 Å². The predicted octanol–water partition coefficient (Wildman–Crippen LogP) is 3.83. The van der Waals surface area contributed by atoms with E-state index in [4.69, 9.17) is 9.47 Å². The maximum Gasteiger partial charge on any atom is 0.410 e. The summed E-state index contributed by atoms with van der Waals surface area (Å²) in [6.45, 7) is 0.669. The predicted molar refractivity (Wildman–Crippen MR) is 116 cm³/mol. The van der Waals surface area contributed by atoms with E-state index in [9.17, 15) is 9.59 Å². The van der Waals surface area contributed by atoms with E-state index in [0.29, 0.717) is 24.5 Å². The molecular weight excluding hydrogens is 396 g/mol. The Balaban J connectivity index is 1.36. The first-order chi connectivity index (χ1) is 15.1. The van der Waals surface area contributed by atoms with Crippen molar-refractivity contribution in [2.45, 2.75) is 25.5 Å². The van der Waals surface area contributed by atoms with E-state index >= 15 is 0 Å². The van der Waals surface area contributed by atoms with Crippen LogP contribution in [-0.4, -0.2) is 46.8 Å². The summed E-state index contributed by atoms with van der Waals surface area (Å²) in [6, 6.07) is 18.1. The number of nitrogens with zero attached hydrogens (tertiary/aromatic N) is 2. The van der Waals surface area contributed by atoms with Crippen molar-refractivity contribution in [1.82, 2.24) is 15.1 Å². The first kappa shape index (κ1) is 20.5. The third kappa shape index (κ3) is 4.85. The zero-order chi connectivity index (χ0) is 21.6. The molecule has 1 atom stereocenters. The molecule has 0 radical (unpaired) electrons. The van der Waals surface area contributed by atoms with Gasteiger partial charge in [-0.3, -0.25) is 14.8 Å². The highest BCUT2D eigenvalue weighted by Crippen LogP contribution is 2.24. The van der Waals surface area contributed by atoms with Gasteiger partial charge in [0, 0.05) is 18.2 Å². The SMILES string of the molecule is COc1ccc(-c2cc(NC(=O)[C@@H]3CCCN3C(=O)OCc3ccccc3)[nH]n2)cc1. The van der Waals surface area contributed by atoms with Gasteiger partial charge in [0.15, 0.2) is 0 Å². The Bertz CT molecular complexity index is 1030. The molecule has 160 valence electrons. The molecule has 1 aromatic heterocycles. The second kappa shape index (κ2) is 9.34. The van der Waals surface area contributed by atoms with Crippen LogP contribution in [-0.2, 0) is 16.1 Å². The smallest absolute Gasteiger partial charge is 0.410 e. The summed E-state index contributed by atoms with van der Waals surface area (Å²) in [6.07, 6.45) is 0.856. The molecule has 31 heavy (non-hydrogen) atoms. The van der Waals surface area contributed by atoms with Crippen molar-refractivity contribution in [2.24, 2.45) is 0 Å². The van der Waals surface area contributed by atoms with Crippen LogP contribution >= 0.6 is 0 Å². The average Bonchev–Trinajstić information content (AvgIpc) is 3.48. The van der Waals surface area contributed by atoms with Crippen molar-refractivity contribution in [2.75, 3.05) is 19.0 Å². The minimum atomic E-state index is -0.573. The lowest BCUT2D eigenvalue weighted by atomic mass is 10.1. The molecule has 0 saturated carbocycles. The Morgan fingerprint density at radius 2 is 1.94 bits per heavy atom. The number of ether oxygens (including phenoxy) is 2. The highest BCUT2D eigenvalue weighted by molar-refractivity contribution is 5.96. The first-order valence-corrected chi connectivity index (χ1v) is 10.1. The van der Waals surface area contributed by atoms with Crippen LogP contribution in [0.15, 0.2) is 60.7 Å². The summed E-state index contributed by atoms with van der Waals surface area (Å²) in [5.41, 5.74) is 2.49. The molecule has 1 saturated heterocycles. The van der Waals surface area contributed by atoms with E-state index in [-0.39, 0.29) is 12.5 Å². The van der Waals surface area contributed by atoms with Crippen LogP contribution in [0.4, 0.5) is 10.6 Å². The van der Waals surface area contributed by atoms with Crippen LogP contribution < -0.4 is 10.1 Å². The molecule has 1 fully saturated rings. The van der Waals surface area contributed by atoms with Crippen molar-refractivity contribution in [3.8, 4) is 17.0 Å². The Morgan fingerprint density at radius 1 is 1.16 bits per heavy atom.